The van der Waals surface area contributed by atoms with Gasteiger partial charge in [-0.15, -0.1) is 5.10 Å². The molecule has 0 N–H and O–H groups in total. The molecule has 2 fully saturated rings. The van der Waals surface area contributed by atoms with E-state index in [1.807, 2.05) is 0 Å². The van der Waals surface area contributed by atoms with E-state index in [4.69, 9.17) is 4.42 Å². The number of hydrogen-bond donors (Lipinski definition) is 0. The second-order valence-corrected chi connectivity index (χ2v) is 4.66. The van der Waals surface area contributed by atoms with E-state index < -0.39 is 0 Å². The Balaban J connectivity index is 1.62. The van der Waals surface area contributed by atoms with Crippen molar-refractivity contribution in [2.24, 2.45) is 0 Å². The van der Waals surface area contributed by atoms with E-state index in [1.54, 1.807) is 0 Å². The van der Waals surface area contributed by atoms with Crippen LogP contribution in [0.4, 0.5) is 6.01 Å². The number of anilines is 1. The third-order valence-corrected chi connectivity index (χ3v) is 3.39. The molecule has 0 atom stereocenters. The number of likely N-dealkylation sites (tertiary alicyclic amines) is 1. The van der Waals surface area contributed by atoms with Crippen LogP contribution in [0.25, 0.3) is 0 Å². The lowest BCUT2D eigenvalue weighted by Crippen LogP contribution is -2.18. The van der Waals surface area contributed by atoms with Gasteiger partial charge in [0.1, 0.15) is 0 Å². The number of rotatable bonds is 3. The van der Waals surface area contributed by atoms with Crippen LogP contribution in [0.5, 0.6) is 0 Å². The third-order valence-electron chi connectivity index (χ3n) is 3.39. The van der Waals surface area contributed by atoms with Gasteiger partial charge in [0.15, 0.2) is 0 Å². The molecule has 1 aromatic heterocycles. The Labute approximate surface area is 95.4 Å². The van der Waals surface area contributed by atoms with Crippen LogP contribution in [0.2, 0.25) is 0 Å². The highest BCUT2D eigenvalue weighted by Gasteiger charge is 2.20. The summed E-state index contributed by atoms with van der Waals surface area (Å²) in [6.07, 6.45) is 5.08. The van der Waals surface area contributed by atoms with Crippen LogP contribution >= 0.6 is 0 Å². The van der Waals surface area contributed by atoms with Crippen LogP contribution in [0.1, 0.15) is 31.6 Å². The molecule has 2 saturated heterocycles. The molecule has 0 spiro atoms. The van der Waals surface area contributed by atoms with Crippen molar-refractivity contribution in [1.29, 1.82) is 0 Å². The van der Waals surface area contributed by atoms with E-state index in [2.05, 4.69) is 20.0 Å². The Bertz CT molecular complexity index is 340. The second-order valence-electron chi connectivity index (χ2n) is 4.66. The molecule has 0 radical (unpaired) electrons. The summed E-state index contributed by atoms with van der Waals surface area (Å²) in [5.74, 6) is 0.767. The molecular weight excluding hydrogens is 204 g/mol. The molecule has 0 aromatic carbocycles. The van der Waals surface area contributed by atoms with Gasteiger partial charge in [-0.1, -0.05) is 5.10 Å². The van der Waals surface area contributed by atoms with Gasteiger partial charge in [-0.2, -0.15) is 0 Å². The molecule has 0 bridgehead atoms. The highest BCUT2D eigenvalue weighted by Crippen LogP contribution is 2.19. The minimum atomic E-state index is 0.715. The maximum atomic E-state index is 5.69. The van der Waals surface area contributed by atoms with E-state index >= 15 is 0 Å². The summed E-state index contributed by atoms with van der Waals surface area (Å²) in [4.78, 5) is 4.56. The van der Waals surface area contributed by atoms with E-state index in [0.717, 1.165) is 25.5 Å². The van der Waals surface area contributed by atoms with E-state index in [1.165, 1.54) is 38.8 Å². The lowest BCUT2D eigenvalue weighted by molar-refractivity contribution is 0.291. The summed E-state index contributed by atoms with van der Waals surface area (Å²) in [6, 6.07) is 0.715. The highest BCUT2D eigenvalue weighted by molar-refractivity contribution is 5.25. The van der Waals surface area contributed by atoms with Crippen LogP contribution in [0.15, 0.2) is 4.42 Å². The molecule has 0 saturated carbocycles. The average molecular weight is 222 g/mol. The summed E-state index contributed by atoms with van der Waals surface area (Å²) >= 11 is 0. The Kier molecular flexibility index (Phi) is 2.78. The highest BCUT2D eigenvalue weighted by atomic mass is 16.4. The van der Waals surface area contributed by atoms with Crippen LogP contribution < -0.4 is 4.90 Å². The number of nitrogens with zero attached hydrogens (tertiary/aromatic N) is 4. The molecule has 0 amide bonds. The smallest absolute Gasteiger partial charge is 0.318 e. The summed E-state index contributed by atoms with van der Waals surface area (Å²) in [7, 11) is 0. The standard InChI is InChI=1S/C11H18N4O/c1-2-6-14(5-1)9-10-12-13-11(16-10)15-7-3-4-8-15/h1-9H2. The molecule has 1 aromatic rings. The van der Waals surface area contributed by atoms with Crippen LogP contribution in [0.3, 0.4) is 0 Å². The molecule has 0 unspecified atom stereocenters. The van der Waals surface area contributed by atoms with Gasteiger partial charge >= 0.3 is 6.01 Å². The van der Waals surface area contributed by atoms with Crippen LogP contribution in [-0.2, 0) is 6.54 Å². The van der Waals surface area contributed by atoms with Crippen molar-refractivity contribution in [2.45, 2.75) is 32.2 Å². The van der Waals surface area contributed by atoms with Gasteiger partial charge in [0.25, 0.3) is 0 Å². The van der Waals surface area contributed by atoms with Gasteiger partial charge in [-0.3, -0.25) is 4.90 Å². The molecule has 16 heavy (non-hydrogen) atoms. The van der Waals surface area contributed by atoms with Crippen molar-refractivity contribution in [3.05, 3.63) is 5.89 Å². The quantitative estimate of drug-likeness (QED) is 0.770. The summed E-state index contributed by atoms with van der Waals surface area (Å²) in [5.41, 5.74) is 0. The van der Waals surface area contributed by atoms with E-state index in [9.17, 15) is 0 Å². The predicted molar refractivity (Wildman–Crippen MR) is 60.3 cm³/mol. The number of aromatic nitrogens is 2. The zero-order valence-electron chi connectivity index (χ0n) is 9.56. The first-order chi connectivity index (χ1) is 7.92. The fraction of sp³-hybridized carbons (Fsp3) is 0.818. The normalized spacial score (nSPS) is 22.1. The molecular formula is C11H18N4O. The first kappa shape index (κ1) is 10.1. The molecule has 3 rings (SSSR count). The van der Waals surface area contributed by atoms with Crippen LogP contribution in [0, 0.1) is 0 Å². The van der Waals surface area contributed by atoms with Crippen molar-refractivity contribution < 1.29 is 4.42 Å². The monoisotopic (exact) mass is 222 g/mol. The first-order valence-electron chi connectivity index (χ1n) is 6.21. The summed E-state index contributed by atoms with van der Waals surface area (Å²) < 4.78 is 5.69. The Morgan fingerprint density at radius 1 is 0.938 bits per heavy atom. The SMILES string of the molecule is C1CCN(Cc2nnc(N3CCCC3)o2)C1. The molecule has 88 valence electrons. The van der Waals surface area contributed by atoms with Crippen LogP contribution in [-0.4, -0.2) is 41.3 Å². The average Bonchev–Trinajstić information content (AvgIpc) is 2.99. The van der Waals surface area contributed by atoms with Crippen molar-refractivity contribution >= 4 is 6.01 Å². The van der Waals surface area contributed by atoms with Gasteiger partial charge in [0.05, 0.1) is 6.54 Å². The minimum absolute atomic E-state index is 0.715. The topological polar surface area (TPSA) is 45.4 Å². The first-order valence-corrected chi connectivity index (χ1v) is 6.21. The molecule has 5 heteroatoms. The fourth-order valence-electron chi connectivity index (χ4n) is 2.48. The van der Waals surface area contributed by atoms with Gasteiger partial charge in [0.2, 0.25) is 5.89 Å². The summed E-state index contributed by atoms with van der Waals surface area (Å²) in [6.45, 7) is 5.28. The zero-order chi connectivity index (χ0) is 10.8. The Morgan fingerprint density at radius 2 is 1.62 bits per heavy atom. The number of hydrogen-bond acceptors (Lipinski definition) is 5. The van der Waals surface area contributed by atoms with E-state index in [0.29, 0.717) is 6.01 Å². The van der Waals surface area contributed by atoms with Gasteiger partial charge in [0, 0.05) is 13.1 Å². The third kappa shape index (κ3) is 2.04. The Hall–Kier alpha value is -1.10. The van der Waals surface area contributed by atoms with Crippen molar-refractivity contribution in [2.75, 3.05) is 31.1 Å². The van der Waals surface area contributed by atoms with Gasteiger partial charge in [-0.05, 0) is 38.8 Å². The minimum Gasteiger partial charge on any atom is -0.407 e. The molecule has 2 aliphatic heterocycles. The maximum Gasteiger partial charge on any atom is 0.318 e. The fourth-order valence-corrected chi connectivity index (χ4v) is 2.48. The van der Waals surface area contributed by atoms with Crippen molar-refractivity contribution in [3.63, 3.8) is 0 Å². The van der Waals surface area contributed by atoms with Crippen molar-refractivity contribution in [3.8, 4) is 0 Å². The molecule has 0 aliphatic carbocycles. The van der Waals surface area contributed by atoms with E-state index in [-0.39, 0.29) is 0 Å². The predicted octanol–water partition coefficient (Wildman–Crippen LogP) is 1.27. The molecule has 2 aliphatic rings. The van der Waals surface area contributed by atoms with Gasteiger partial charge in [-0.25, -0.2) is 0 Å². The lowest BCUT2D eigenvalue weighted by Gasteiger charge is -2.11. The lowest BCUT2D eigenvalue weighted by atomic mass is 10.4. The second kappa shape index (κ2) is 4.41. The zero-order valence-corrected chi connectivity index (χ0v) is 9.56. The van der Waals surface area contributed by atoms with Crippen molar-refractivity contribution in [1.82, 2.24) is 15.1 Å². The summed E-state index contributed by atoms with van der Waals surface area (Å²) in [5, 5.41) is 8.25. The van der Waals surface area contributed by atoms with Gasteiger partial charge < -0.3 is 9.32 Å². The maximum absolute atomic E-state index is 5.69. The molecule has 5 nitrogen and oxygen atoms in total. The molecule has 3 heterocycles. The Morgan fingerprint density at radius 3 is 2.38 bits per heavy atom. The largest absolute Gasteiger partial charge is 0.407 e.